The molecule has 1 atom stereocenters. The van der Waals surface area contributed by atoms with Gasteiger partial charge in [0.05, 0.1) is 0 Å². The molecule has 5 heteroatoms. The van der Waals surface area contributed by atoms with Crippen molar-refractivity contribution in [1.82, 2.24) is 5.32 Å². The Labute approximate surface area is 114 Å². The summed E-state index contributed by atoms with van der Waals surface area (Å²) in [6.45, 7) is 0. The lowest BCUT2D eigenvalue weighted by Gasteiger charge is -2.14. The van der Waals surface area contributed by atoms with Crippen LogP contribution in [0.2, 0.25) is 0 Å². The molecule has 0 aliphatic rings. The highest BCUT2D eigenvalue weighted by Gasteiger charge is 2.22. The van der Waals surface area contributed by atoms with Crippen LogP contribution in [0.5, 0.6) is 0 Å². The molecule has 0 saturated heterocycles. The monoisotopic (exact) mass is 273 g/mol. The summed E-state index contributed by atoms with van der Waals surface area (Å²) >= 11 is 0. The normalized spacial score (nSPS) is 11.7. The molecule has 4 nitrogen and oxygen atoms in total. The molecule has 2 aromatic carbocycles. The van der Waals surface area contributed by atoms with E-state index >= 15 is 0 Å². The maximum Gasteiger partial charge on any atom is 0.330 e. The minimum atomic E-state index is -1.16. The topological polar surface area (TPSA) is 66.4 Å². The van der Waals surface area contributed by atoms with Gasteiger partial charge in [0.25, 0.3) is 5.91 Å². The van der Waals surface area contributed by atoms with Gasteiger partial charge in [0.2, 0.25) is 0 Å². The lowest BCUT2D eigenvalue weighted by molar-refractivity contribution is -0.139. The molecule has 0 heterocycles. The van der Waals surface area contributed by atoms with Crippen LogP contribution in [0.3, 0.4) is 0 Å². The number of amides is 1. The molecule has 20 heavy (non-hydrogen) atoms. The van der Waals surface area contributed by atoms with Crippen LogP contribution in [0.4, 0.5) is 4.39 Å². The van der Waals surface area contributed by atoms with E-state index in [9.17, 15) is 19.1 Å². The summed E-state index contributed by atoms with van der Waals surface area (Å²) in [5.41, 5.74) is 0.670. The Balaban J connectivity index is 2.19. The smallest absolute Gasteiger partial charge is 0.330 e. The number of hydrogen-bond acceptors (Lipinski definition) is 2. The Bertz CT molecular complexity index is 611. The molecule has 0 unspecified atom stereocenters. The second-order valence-electron chi connectivity index (χ2n) is 4.16. The van der Waals surface area contributed by atoms with E-state index in [1.54, 1.807) is 30.3 Å². The molecule has 1 amide bonds. The minimum Gasteiger partial charge on any atom is -0.479 e. The van der Waals surface area contributed by atoms with Crippen molar-refractivity contribution < 1.29 is 19.1 Å². The van der Waals surface area contributed by atoms with Crippen molar-refractivity contribution in [2.24, 2.45) is 0 Å². The predicted octanol–water partition coefficient (Wildman–Crippen LogP) is 2.38. The third-order valence-corrected chi connectivity index (χ3v) is 2.76. The molecule has 2 rings (SSSR count). The Morgan fingerprint density at radius 2 is 1.60 bits per heavy atom. The standard InChI is InChI=1S/C15H12FNO3/c16-12-8-6-11(7-9-12)14(18)17-13(15(19)20)10-4-2-1-3-5-10/h1-9,13H,(H,17,18)(H,19,20)/t13-/m1/s1. The quantitative estimate of drug-likeness (QED) is 0.898. The van der Waals surface area contributed by atoms with Crippen molar-refractivity contribution in [2.75, 3.05) is 0 Å². The largest absolute Gasteiger partial charge is 0.479 e. The average molecular weight is 273 g/mol. The third-order valence-electron chi connectivity index (χ3n) is 2.76. The van der Waals surface area contributed by atoms with Gasteiger partial charge in [0.1, 0.15) is 5.82 Å². The average Bonchev–Trinajstić information content (AvgIpc) is 2.46. The van der Waals surface area contributed by atoms with Gasteiger partial charge in [-0.1, -0.05) is 30.3 Å². The highest BCUT2D eigenvalue weighted by atomic mass is 19.1. The van der Waals surface area contributed by atoms with Gasteiger partial charge in [0, 0.05) is 5.56 Å². The van der Waals surface area contributed by atoms with Gasteiger partial charge in [-0.2, -0.15) is 0 Å². The first-order valence-electron chi connectivity index (χ1n) is 5.92. The lowest BCUT2D eigenvalue weighted by atomic mass is 10.1. The zero-order valence-electron chi connectivity index (χ0n) is 10.4. The van der Waals surface area contributed by atoms with Gasteiger partial charge in [-0.25, -0.2) is 9.18 Å². The van der Waals surface area contributed by atoms with Crippen molar-refractivity contribution in [3.8, 4) is 0 Å². The first kappa shape index (κ1) is 13.7. The zero-order chi connectivity index (χ0) is 14.5. The van der Waals surface area contributed by atoms with E-state index in [-0.39, 0.29) is 5.56 Å². The highest BCUT2D eigenvalue weighted by Crippen LogP contribution is 2.14. The molecule has 0 aliphatic heterocycles. The van der Waals surface area contributed by atoms with Gasteiger partial charge in [-0.3, -0.25) is 4.79 Å². The van der Waals surface area contributed by atoms with Gasteiger partial charge in [0.15, 0.2) is 6.04 Å². The fraction of sp³-hybridized carbons (Fsp3) is 0.0667. The van der Waals surface area contributed by atoms with Gasteiger partial charge < -0.3 is 10.4 Å². The Hall–Kier alpha value is -2.69. The van der Waals surface area contributed by atoms with E-state index in [4.69, 9.17) is 0 Å². The molecule has 0 bridgehead atoms. The summed E-state index contributed by atoms with van der Waals surface area (Å²) in [5.74, 6) is -2.19. The van der Waals surface area contributed by atoms with E-state index < -0.39 is 23.7 Å². The van der Waals surface area contributed by atoms with Crippen molar-refractivity contribution in [2.45, 2.75) is 6.04 Å². The van der Waals surface area contributed by atoms with Gasteiger partial charge >= 0.3 is 5.97 Å². The first-order chi connectivity index (χ1) is 9.58. The zero-order valence-corrected chi connectivity index (χ0v) is 10.4. The third kappa shape index (κ3) is 3.20. The summed E-state index contributed by atoms with van der Waals surface area (Å²) in [5, 5.41) is 11.6. The maximum absolute atomic E-state index is 12.8. The SMILES string of the molecule is O=C(N[C@@H](C(=O)O)c1ccccc1)c1ccc(F)cc1. The number of carbonyl (C=O) groups excluding carboxylic acids is 1. The Morgan fingerprint density at radius 1 is 1.00 bits per heavy atom. The van der Waals surface area contributed by atoms with Crippen molar-refractivity contribution in [3.63, 3.8) is 0 Å². The summed E-state index contributed by atoms with van der Waals surface area (Å²) in [4.78, 5) is 23.2. The predicted molar refractivity (Wildman–Crippen MR) is 70.7 cm³/mol. The van der Waals surface area contributed by atoms with E-state index in [0.717, 1.165) is 12.1 Å². The molecular formula is C15H12FNO3. The van der Waals surface area contributed by atoms with Crippen LogP contribution in [0.15, 0.2) is 54.6 Å². The molecule has 0 aromatic heterocycles. The van der Waals surface area contributed by atoms with E-state index in [1.165, 1.54) is 12.1 Å². The molecule has 2 aromatic rings. The maximum atomic E-state index is 12.8. The van der Waals surface area contributed by atoms with Crippen LogP contribution in [-0.2, 0) is 4.79 Å². The molecule has 0 saturated carbocycles. The number of hydrogen-bond donors (Lipinski definition) is 2. The molecule has 2 N–H and O–H groups in total. The first-order valence-corrected chi connectivity index (χ1v) is 5.92. The Morgan fingerprint density at radius 3 is 2.15 bits per heavy atom. The number of rotatable bonds is 4. The molecule has 0 radical (unpaired) electrons. The van der Waals surface area contributed by atoms with Crippen molar-refractivity contribution >= 4 is 11.9 Å². The fourth-order valence-electron chi connectivity index (χ4n) is 1.75. The van der Waals surface area contributed by atoms with Crippen LogP contribution in [0.1, 0.15) is 22.0 Å². The summed E-state index contributed by atoms with van der Waals surface area (Å²) in [6, 6.07) is 12.1. The van der Waals surface area contributed by atoms with Crippen molar-refractivity contribution in [3.05, 3.63) is 71.5 Å². The fourth-order valence-corrected chi connectivity index (χ4v) is 1.75. The van der Waals surface area contributed by atoms with Crippen LogP contribution in [0.25, 0.3) is 0 Å². The van der Waals surface area contributed by atoms with Crippen LogP contribution < -0.4 is 5.32 Å². The number of halogens is 1. The molecule has 0 spiro atoms. The second kappa shape index (κ2) is 5.97. The number of carboxylic acids is 1. The number of carbonyl (C=O) groups is 2. The van der Waals surface area contributed by atoms with E-state index in [0.29, 0.717) is 5.56 Å². The molecule has 0 fully saturated rings. The number of aliphatic carboxylic acids is 1. The molecule has 0 aliphatic carbocycles. The lowest BCUT2D eigenvalue weighted by Crippen LogP contribution is -2.33. The van der Waals surface area contributed by atoms with E-state index in [2.05, 4.69) is 5.32 Å². The van der Waals surface area contributed by atoms with Crippen LogP contribution >= 0.6 is 0 Å². The van der Waals surface area contributed by atoms with Gasteiger partial charge in [-0.05, 0) is 29.8 Å². The summed E-state index contributed by atoms with van der Waals surface area (Å²) in [7, 11) is 0. The summed E-state index contributed by atoms with van der Waals surface area (Å²) < 4.78 is 12.8. The number of benzene rings is 2. The molecule has 102 valence electrons. The van der Waals surface area contributed by atoms with Crippen LogP contribution in [0, 0.1) is 5.82 Å². The molecular weight excluding hydrogens is 261 g/mol. The summed E-state index contributed by atoms with van der Waals surface area (Å²) in [6.07, 6.45) is 0. The van der Waals surface area contributed by atoms with Gasteiger partial charge in [-0.15, -0.1) is 0 Å². The second-order valence-corrected chi connectivity index (χ2v) is 4.16. The minimum absolute atomic E-state index is 0.202. The number of nitrogens with one attached hydrogen (secondary N) is 1. The number of carboxylic acid groups (broad SMARTS) is 1. The van der Waals surface area contributed by atoms with Crippen LogP contribution in [-0.4, -0.2) is 17.0 Å². The highest BCUT2D eigenvalue weighted by molar-refractivity contribution is 5.96. The van der Waals surface area contributed by atoms with E-state index in [1.807, 2.05) is 0 Å². The van der Waals surface area contributed by atoms with Crippen molar-refractivity contribution in [1.29, 1.82) is 0 Å². The Kier molecular flexibility index (Phi) is 4.10.